The van der Waals surface area contributed by atoms with Crippen molar-refractivity contribution in [2.24, 2.45) is 0 Å². The maximum absolute atomic E-state index is 13.0. The molecule has 0 saturated carbocycles. The third-order valence-corrected chi connectivity index (χ3v) is 5.43. The van der Waals surface area contributed by atoms with Crippen LogP contribution in [-0.4, -0.2) is 64.9 Å². The van der Waals surface area contributed by atoms with E-state index in [0.717, 1.165) is 13.1 Å². The van der Waals surface area contributed by atoms with Crippen LogP contribution in [0, 0.1) is 0 Å². The first-order valence-corrected chi connectivity index (χ1v) is 10.1. The molecular formula is C23H27N3O4. The summed E-state index contributed by atoms with van der Waals surface area (Å²) in [6, 6.07) is 9.67. The highest BCUT2D eigenvalue weighted by molar-refractivity contribution is 6.46. The van der Waals surface area contributed by atoms with E-state index in [0.29, 0.717) is 30.0 Å². The smallest absolute Gasteiger partial charge is 0.295 e. The number of methoxy groups -OCH3 is 1. The van der Waals surface area contributed by atoms with Crippen molar-refractivity contribution in [3.63, 3.8) is 0 Å². The lowest BCUT2D eigenvalue weighted by Crippen LogP contribution is -2.38. The Kier molecular flexibility index (Phi) is 6.84. The zero-order valence-electron chi connectivity index (χ0n) is 17.5. The van der Waals surface area contributed by atoms with Gasteiger partial charge < -0.3 is 19.6 Å². The van der Waals surface area contributed by atoms with Crippen molar-refractivity contribution in [3.05, 3.63) is 65.5 Å². The van der Waals surface area contributed by atoms with Gasteiger partial charge in [0, 0.05) is 31.0 Å². The van der Waals surface area contributed by atoms with Gasteiger partial charge in [-0.2, -0.15) is 0 Å². The number of rotatable bonds is 8. The van der Waals surface area contributed by atoms with E-state index in [4.69, 9.17) is 4.74 Å². The Balaban J connectivity index is 2.08. The van der Waals surface area contributed by atoms with Gasteiger partial charge in [-0.25, -0.2) is 0 Å². The number of ether oxygens (including phenoxy) is 1. The average molecular weight is 409 g/mol. The van der Waals surface area contributed by atoms with Gasteiger partial charge in [-0.3, -0.25) is 14.6 Å². The number of hydrogen-bond donors (Lipinski definition) is 1. The molecule has 1 aliphatic rings. The van der Waals surface area contributed by atoms with E-state index in [9.17, 15) is 14.7 Å². The summed E-state index contributed by atoms with van der Waals surface area (Å²) < 4.78 is 5.23. The summed E-state index contributed by atoms with van der Waals surface area (Å²) in [5.74, 6) is -0.969. The van der Waals surface area contributed by atoms with E-state index >= 15 is 0 Å². The Morgan fingerprint density at radius 3 is 2.60 bits per heavy atom. The molecule has 1 unspecified atom stereocenters. The van der Waals surface area contributed by atoms with Crippen LogP contribution in [0.15, 0.2) is 54.4 Å². The van der Waals surface area contributed by atoms with Gasteiger partial charge in [0.15, 0.2) is 0 Å². The van der Waals surface area contributed by atoms with Gasteiger partial charge in [0.1, 0.15) is 11.5 Å². The molecule has 0 radical (unpaired) electrons. The summed E-state index contributed by atoms with van der Waals surface area (Å²) in [5, 5.41) is 11.0. The minimum absolute atomic E-state index is 0.0702. The Bertz CT molecular complexity index is 938. The molecule has 0 spiro atoms. The highest BCUT2D eigenvalue weighted by atomic mass is 16.5. The molecular weight excluding hydrogens is 382 g/mol. The SMILES string of the molecule is CCN(CC)CCN1C(=O)C(=O)/C(=C(\O)c2cccc(OC)c2)C1c1cccnc1. The lowest BCUT2D eigenvalue weighted by Gasteiger charge is -2.28. The summed E-state index contributed by atoms with van der Waals surface area (Å²) in [6.07, 6.45) is 3.26. The number of carbonyl (C=O) groups excluding carboxylic acids is 2. The topological polar surface area (TPSA) is 83.0 Å². The standard InChI is InChI=1S/C23H27N3O4/c1-4-25(5-2)12-13-26-20(17-9-7-11-24-15-17)19(22(28)23(26)29)21(27)16-8-6-10-18(14-16)30-3/h6-11,14-15,20,27H,4-5,12-13H2,1-3H3/b21-19-. The van der Waals surface area contributed by atoms with Gasteiger partial charge in [0.25, 0.3) is 11.7 Å². The van der Waals surface area contributed by atoms with E-state index in [1.807, 2.05) is 6.07 Å². The molecule has 1 N–H and O–H groups in total. The molecule has 1 aliphatic heterocycles. The summed E-state index contributed by atoms with van der Waals surface area (Å²) in [5.41, 5.74) is 1.17. The van der Waals surface area contributed by atoms with Crippen molar-refractivity contribution in [1.82, 2.24) is 14.8 Å². The van der Waals surface area contributed by atoms with E-state index in [1.165, 1.54) is 12.0 Å². The number of Topliss-reactive ketones (excluding diaryl/α,β-unsaturated/α-hetero) is 1. The maximum atomic E-state index is 13.0. The predicted molar refractivity (Wildman–Crippen MR) is 114 cm³/mol. The fraction of sp³-hybridized carbons (Fsp3) is 0.348. The zero-order valence-corrected chi connectivity index (χ0v) is 17.5. The number of likely N-dealkylation sites (tertiary alicyclic amines) is 1. The molecule has 7 heteroatoms. The van der Waals surface area contributed by atoms with Crippen LogP contribution in [0.1, 0.15) is 31.0 Å². The van der Waals surface area contributed by atoms with Crippen molar-refractivity contribution < 1.29 is 19.4 Å². The second kappa shape index (κ2) is 9.54. The van der Waals surface area contributed by atoms with Crippen molar-refractivity contribution in [2.75, 3.05) is 33.3 Å². The minimum atomic E-state index is -0.694. The Hall–Kier alpha value is -3.19. The molecule has 30 heavy (non-hydrogen) atoms. The van der Waals surface area contributed by atoms with Gasteiger partial charge in [-0.1, -0.05) is 32.0 Å². The number of likely N-dealkylation sites (N-methyl/N-ethyl adjacent to an activating group) is 1. The predicted octanol–water partition coefficient (Wildman–Crippen LogP) is 2.85. The molecule has 1 amide bonds. The van der Waals surface area contributed by atoms with Crippen molar-refractivity contribution in [2.45, 2.75) is 19.9 Å². The Morgan fingerprint density at radius 2 is 1.97 bits per heavy atom. The summed E-state index contributed by atoms with van der Waals surface area (Å²) >= 11 is 0. The molecule has 2 heterocycles. The summed E-state index contributed by atoms with van der Waals surface area (Å²) in [4.78, 5) is 33.8. The van der Waals surface area contributed by atoms with Crippen LogP contribution >= 0.6 is 0 Å². The number of aromatic nitrogens is 1. The number of ketones is 1. The third-order valence-electron chi connectivity index (χ3n) is 5.43. The van der Waals surface area contributed by atoms with E-state index in [2.05, 4.69) is 23.7 Å². The van der Waals surface area contributed by atoms with Crippen molar-refractivity contribution >= 4 is 17.4 Å². The molecule has 0 aliphatic carbocycles. The van der Waals surface area contributed by atoms with Crippen LogP contribution in [0.25, 0.3) is 5.76 Å². The van der Waals surface area contributed by atoms with Gasteiger partial charge in [0.2, 0.25) is 0 Å². The van der Waals surface area contributed by atoms with Gasteiger partial charge in [-0.15, -0.1) is 0 Å². The molecule has 1 aromatic carbocycles. The molecule has 1 atom stereocenters. The molecule has 7 nitrogen and oxygen atoms in total. The summed E-state index contributed by atoms with van der Waals surface area (Å²) in [7, 11) is 1.53. The average Bonchev–Trinajstić information content (AvgIpc) is 3.04. The fourth-order valence-corrected chi connectivity index (χ4v) is 3.71. The van der Waals surface area contributed by atoms with Crippen LogP contribution in [0.2, 0.25) is 0 Å². The fourth-order valence-electron chi connectivity index (χ4n) is 3.71. The maximum Gasteiger partial charge on any atom is 0.295 e. The Morgan fingerprint density at radius 1 is 1.20 bits per heavy atom. The number of pyridine rings is 1. The number of hydrogen-bond acceptors (Lipinski definition) is 6. The first-order valence-electron chi connectivity index (χ1n) is 10.1. The number of aliphatic hydroxyl groups excluding tert-OH is 1. The lowest BCUT2D eigenvalue weighted by molar-refractivity contribution is -0.140. The largest absolute Gasteiger partial charge is 0.507 e. The van der Waals surface area contributed by atoms with Gasteiger partial charge in [0.05, 0.1) is 18.7 Å². The quantitative estimate of drug-likeness (QED) is 0.410. The van der Waals surface area contributed by atoms with Crippen molar-refractivity contribution in [3.8, 4) is 5.75 Å². The molecule has 1 fully saturated rings. The monoisotopic (exact) mass is 409 g/mol. The third kappa shape index (κ3) is 4.21. The van der Waals surface area contributed by atoms with Crippen molar-refractivity contribution in [1.29, 1.82) is 0 Å². The normalized spacial score (nSPS) is 18.3. The van der Waals surface area contributed by atoms with Crippen LogP contribution in [-0.2, 0) is 9.59 Å². The van der Waals surface area contributed by atoms with Gasteiger partial charge >= 0.3 is 0 Å². The van der Waals surface area contributed by atoms with Crippen LogP contribution < -0.4 is 4.74 Å². The van der Waals surface area contributed by atoms with E-state index in [1.54, 1.807) is 42.7 Å². The minimum Gasteiger partial charge on any atom is -0.507 e. The highest BCUT2D eigenvalue weighted by Crippen LogP contribution is 2.39. The molecule has 158 valence electrons. The van der Waals surface area contributed by atoms with Gasteiger partial charge in [-0.05, 0) is 36.9 Å². The molecule has 0 bridgehead atoms. The number of amides is 1. The number of aliphatic hydroxyl groups is 1. The van der Waals surface area contributed by atoms with Crippen LogP contribution in [0.5, 0.6) is 5.75 Å². The highest BCUT2D eigenvalue weighted by Gasteiger charge is 2.46. The number of carbonyl (C=O) groups is 2. The summed E-state index contributed by atoms with van der Waals surface area (Å²) in [6.45, 7) is 6.82. The number of benzene rings is 1. The molecule has 1 aromatic heterocycles. The second-order valence-electron chi connectivity index (χ2n) is 7.04. The molecule has 2 aromatic rings. The first kappa shape index (κ1) is 21.5. The van der Waals surface area contributed by atoms with E-state index < -0.39 is 17.7 Å². The van der Waals surface area contributed by atoms with Crippen LogP contribution in [0.4, 0.5) is 0 Å². The number of nitrogens with zero attached hydrogens (tertiary/aromatic N) is 3. The molecule has 1 saturated heterocycles. The Labute approximate surface area is 176 Å². The van der Waals surface area contributed by atoms with E-state index in [-0.39, 0.29) is 11.3 Å². The zero-order chi connectivity index (χ0) is 21.7. The first-order chi connectivity index (χ1) is 14.5. The van der Waals surface area contributed by atoms with Crippen LogP contribution in [0.3, 0.4) is 0 Å². The lowest BCUT2D eigenvalue weighted by atomic mass is 9.96. The second-order valence-corrected chi connectivity index (χ2v) is 7.04. The molecule has 3 rings (SSSR count).